The quantitative estimate of drug-likeness (QED) is 0.0716. The van der Waals surface area contributed by atoms with Crippen molar-refractivity contribution in [1.29, 1.82) is 0 Å². The van der Waals surface area contributed by atoms with Crippen molar-refractivity contribution >= 4 is 32.3 Å². The van der Waals surface area contributed by atoms with Crippen LogP contribution in [0.1, 0.15) is 80.8 Å². The number of nitrogens with zero attached hydrogens (tertiary/aromatic N) is 2. The Morgan fingerprint density at radius 3 is 1.40 bits per heavy atom. The summed E-state index contributed by atoms with van der Waals surface area (Å²) >= 11 is -2.10. The third kappa shape index (κ3) is 9.95. The van der Waals surface area contributed by atoms with Crippen LogP contribution in [0.15, 0.2) is 143 Å². The minimum atomic E-state index is -3.62. The first-order chi connectivity index (χ1) is 28.7. The molecule has 0 saturated heterocycles. The van der Waals surface area contributed by atoms with Crippen LogP contribution in [-0.2, 0) is 26.3 Å². The van der Waals surface area contributed by atoms with E-state index in [1.165, 1.54) is 6.26 Å². The molecule has 1 unspecified atom stereocenters. The third-order valence-electron chi connectivity index (χ3n) is 11.4. The van der Waals surface area contributed by atoms with Gasteiger partial charge in [-0.05, 0) is 147 Å². The number of rotatable bonds is 17. The maximum Gasteiger partial charge on any atom is 0.186 e. The van der Waals surface area contributed by atoms with Gasteiger partial charge in [-0.2, -0.15) is 0 Å². The predicted molar refractivity (Wildman–Crippen MR) is 246 cm³/mol. The standard InChI is InChI=1S/C50H56N2O6S2/c1-9-51(10-2)40-22-14-36(15-23-40)49(37-16-24-41(25-17-37)52(11-3)12-4)46-33-44(31-32-48(46)60(8,55)56)57-42-27-18-38(19-28-42)50(6,7)39-20-29-43(30-21-39)58-45-26-13-35(5)47(34-45)59(53)54/h13-34,49H,9-12H2,1-8H3,(H,53,54). The largest absolute Gasteiger partial charge is 0.457 e. The predicted octanol–water partition coefficient (Wildman–Crippen LogP) is 11.8. The fraction of sp³-hybridized carbons (Fsp3) is 0.280. The lowest BCUT2D eigenvalue weighted by Crippen LogP contribution is -2.22. The van der Waals surface area contributed by atoms with E-state index in [4.69, 9.17) is 9.47 Å². The van der Waals surface area contributed by atoms with Gasteiger partial charge in [0.2, 0.25) is 0 Å². The van der Waals surface area contributed by atoms with Crippen LogP contribution in [0.2, 0.25) is 0 Å². The van der Waals surface area contributed by atoms with Gasteiger partial charge < -0.3 is 23.8 Å². The van der Waals surface area contributed by atoms with Crippen molar-refractivity contribution in [2.75, 3.05) is 42.2 Å². The van der Waals surface area contributed by atoms with Crippen LogP contribution in [-0.4, -0.2) is 49.6 Å². The summed E-state index contributed by atoms with van der Waals surface area (Å²) in [5.41, 5.74) is 7.37. The summed E-state index contributed by atoms with van der Waals surface area (Å²) in [7, 11) is -3.62. The first-order valence-corrected chi connectivity index (χ1v) is 23.5. The molecule has 60 heavy (non-hydrogen) atoms. The van der Waals surface area contributed by atoms with Crippen molar-refractivity contribution in [3.05, 3.63) is 167 Å². The summed E-state index contributed by atoms with van der Waals surface area (Å²) < 4.78 is 60.7. The molecule has 6 rings (SSSR count). The number of hydrogen-bond donors (Lipinski definition) is 1. The lowest BCUT2D eigenvalue weighted by molar-refractivity contribution is 0.479. The van der Waals surface area contributed by atoms with Crippen molar-refractivity contribution in [3.63, 3.8) is 0 Å². The molecule has 1 N–H and O–H groups in total. The second-order valence-corrected chi connectivity index (χ2v) is 18.4. The maximum absolute atomic E-state index is 13.4. The van der Waals surface area contributed by atoms with Crippen LogP contribution in [0.5, 0.6) is 23.0 Å². The minimum absolute atomic E-state index is 0.263. The fourth-order valence-electron chi connectivity index (χ4n) is 7.79. The number of hydrogen-bond acceptors (Lipinski definition) is 7. The Bertz CT molecular complexity index is 2460. The van der Waals surface area contributed by atoms with Gasteiger partial charge in [-0.15, -0.1) is 0 Å². The average molecular weight is 845 g/mol. The van der Waals surface area contributed by atoms with Gasteiger partial charge in [-0.25, -0.2) is 12.6 Å². The topological polar surface area (TPSA) is 96.4 Å². The Labute approximate surface area is 359 Å². The van der Waals surface area contributed by atoms with Crippen LogP contribution < -0.4 is 19.3 Å². The molecule has 6 aromatic rings. The van der Waals surface area contributed by atoms with Gasteiger partial charge in [0, 0.05) is 55.1 Å². The Hall–Kier alpha value is -5.42. The lowest BCUT2D eigenvalue weighted by Gasteiger charge is -2.27. The van der Waals surface area contributed by atoms with Crippen LogP contribution in [0.3, 0.4) is 0 Å². The molecule has 0 spiro atoms. The first kappa shape index (κ1) is 44.1. The summed E-state index contributed by atoms with van der Waals surface area (Å²) in [5.74, 6) is 1.89. The van der Waals surface area contributed by atoms with Crippen LogP contribution >= 0.6 is 0 Å². The molecule has 10 heteroatoms. The number of sulfone groups is 1. The third-order valence-corrected chi connectivity index (χ3v) is 13.4. The van der Waals surface area contributed by atoms with E-state index < -0.39 is 20.9 Å². The van der Waals surface area contributed by atoms with Gasteiger partial charge in [-0.3, -0.25) is 0 Å². The van der Waals surface area contributed by atoms with Gasteiger partial charge in [-0.1, -0.05) is 68.4 Å². The Balaban J connectivity index is 1.29. The molecule has 6 aromatic carbocycles. The van der Waals surface area contributed by atoms with E-state index >= 15 is 0 Å². The van der Waals surface area contributed by atoms with Gasteiger partial charge in [0.25, 0.3) is 0 Å². The van der Waals surface area contributed by atoms with Crippen LogP contribution in [0, 0.1) is 6.92 Å². The number of anilines is 2. The van der Waals surface area contributed by atoms with E-state index in [9.17, 15) is 17.2 Å². The summed E-state index contributed by atoms with van der Waals surface area (Å²) in [6.07, 6.45) is 1.26. The zero-order valence-corrected chi connectivity index (χ0v) is 37.4. The number of aryl methyl sites for hydroxylation is 1. The molecule has 8 nitrogen and oxygen atoms in total. The van der Waals surface area contributed by atoms with E-state index in [0.29, 0.717) is 33.5 Å². The highest BCUT2D eigenvalue weighted by atomic mass is 32.2. The second-order valence-electron chi connectivity index (χ2n) is 15.5. The summed E-state index contributed by atoms with van der Waals surface area (Å²) in [4.78, 5) is 5.17. The highest BCUT2D eigenvalue weighted by molar-refractivity contribution is 7.90. The smallest absolute Gasteiger partial charge is 0.186 e. The van der Waals surface area contributed by atoms with E-state index in [2.05, 4.69) is 99.9 Å². The zero-order valence-electron chi connectivity index (χ0n) is 35.8. The molecule has 0 radical (unpaired) electrons. The molecule has 0 fully saturated rings. The van der Waals surface area contributed by atoms with E-state index in [0.717, 1.165) is 65.4 Å². The summed E-state index contributed by atoms with van der Waals surface area (Å²) in [6.45, 7) is 18.2. The number of benzene rings is 6. The molecule has 0 aliphatic heterocycles. The Kier molecular flexibility index (Phi) is 13.9. The van der Waals surface area contributed by atoms with Crippen molar-refractivity contribution in [2.24, 2.45) is 0 Å². The molecule has 0 aliphatic carbocycles. The van der Waals surface area contributed by atoms with Gasteiger partial charge >= 0.3 is 0 Å². The molecule has 0 saturated carbocycles. The highest BCUT2D eigenvalue weighted by Gasteiger charge is 2.27. The van der Waals surface area contributed by atoms with E-state index in [-0.39, 0.29) is 16.2 Å². The highest BCUT2D eigenvalue weighted by Crippen LogP contribution is 2.41. The second kappa shape index (κ2) is 18.9. The summed E-state index contributed by atoms with van der Waals surface area (Å²) in [6, 6.07) is 43.1. The Morgan fingerprint density at radius 2 is 1.00 bits per heavy atom. The average Bonchev–Trinajstić information content (AvgIpc) is 3.23. The van der Waals surface area contributed by atoms with E-state index in [1.807, 2.05) is 54.6 Å². The summed E-state index contributed by atoms with van der Waals surface area (Å²) in [5, 5.41) is 0. The molecule has 314 valence electrons. The fourth-order valence-corrected chi connectivity index (χ4v) is 9.27. The van der Waals surface area contributed by atoms with Gasteiger partial charge in [0.05, 0.1) is 9.79 Å². The van der Waals surface area contributed by atoms with Crippen molar-refractivity contribution < 1.29 is 26.7 Å². The molecular formula is C50H56N2O6S2. The SMILES string of the molecule is CCN(CC)c1ccc(C(c2ccc(N(CC)CC)cc2)c2cc(Oc3ccc(C(C)(C)c4ccc(Oc5ccc(C)c(S(=O)O)c5)cc4)cc3)ccc2S(C)(=O)=O)cc1. The zero-order chi connectivity index (χ0) is 43.2. The minimum Gasteiger partial charge on any atom is -0.457 e. The molecule has 0 aliphatic rings. The maximum atomic E-state index is 13.4. The molecule has 0 amide bonds. The monoisotopic (exact) mass is 844 g/mol. The van der Waals surface area contributed by atoms with Crippen molar-refractivity contribution in [3.8, 4) is 23.0 Å². The van der Waals surface area contributed by atoms with Gasteiger partial charge in [0.15, 0.2) is 20.9 Å². The molecule has 0 bridgehead atoms. The molecule has 0 heterocycles. The Morgan fingerprint density at radius 1 is 0.600 bits per heavy atom. The molecule has 1 atom stereocenters. The van der Waals surface area contributed by atoms with Crippen LogP contribution in [0.25, 0.3) is 0 Å². The molecular weight excluding hydrogens is 789 g/mol. The van der Waals surface area contributed by atoms with Crippen LogP contribution in [0.4, 0.5) is 11.4 Å². The molecule has 0 aromatic heterocycles. The van der Waals surface area contributed by atoms with Crippen molar-refractivity contribution in [1.82, 2.24) is 0 Å². The lowest BCUT2D eigenvalue weighted by atomic mass is 9.78. The normalized spacial score (nSPS) is 12.3. The van der Waals surface area contributed by atoms with Crippen molar-refractivity contribution in [2.45, 2.75) is 69.6 Å². The van der Waals surface area contributed by atoms with E-state index in [1.54, 1.807) is 37.3 Å². The van der Waals surface area contributed by atoms with Gasteiger partial charge in [0.1, 0.15) is 23.0 Å². The first-order valence-electron chi connectivity index (χ1n) is 20.5. The number of ether oxygens (including phenoxy) is 2.